The zero-order valence-corrected chi connectivity index (χ0v) is 14.5. The lowest BCUT2D eigenvalue weighted by Gasteiger charge is -2.29. The predicted molar refractivity (Wildman–Crippen MR) is 95.0 cm³/mol. The van der Waals surface area contributed by atoms with E-state index in [1.807, 2.05) is 0 Å². The van der Waals surface area contributed by atoms with Crippen molar-refractivity contribution in [3.05, 3.63) is 53.6 Å². The van der Waals surface area contributed by atoms with Gasteiger partial charge >= 0.3 is 5.97 Å². The van der Waals surface area contributed by atoms with Crippen molar-refractivity contribution in [2.75, 3.05) is 7.11 Å². The topological polar surface area (TPSA) is 72.3 Å². The fourth-order valence-corrected chi connectivity index (χ4v) is 3.88. The van der Waals surface area contributed by atoms with Crippen molar-refractivity contribution in [3.8, 4) is 5.75 Å². The molecule has 132 valence electrons. The first-order valence-corrected chi connectivity index (χ1v) is 8.85. The monoisotopic (exact) mass is 340 g/mol. The molecule has 1 aliphatic carbocycles. The SMILES string of the molecule is COc1c(CC[C@H]2CCC[C@@H](c3ccccc3)C2)ncnc1C(=O)O. The minimum absolute atomic E-state index is 0.0571. The molecule has 0 radical (unpaired) electrons. The van der Waals surface area contributed by atoms with Crippen molar-refractivity contribution in [2.45, 2.75) is 44.4 Å². The van der Waals surface area contributed by atoms with Crippen molar-refractivity contribution in [1.29, 1.82) is 0 Å². The second kappa shape index (κ2) is 8.10. The number of hydrogen-bond acceptors (Lipinski definition) is 4. The van der Waals surface area contributed by atoms with E-state index < -0.39 is 5.97 Å². The van der Waals surface area contributed by atoms with Crippen LogP contribution in [0.1, 0.15) is 59.8 Å². The Bertz CT molecular complexity index is 718. The molecule has 5 nitrogen and oxygen atoms in total. The van der Waals surface area contributed by atoms with Crippen LogP contribution in [0.5, 0.6) is 5.75 Å². The van der Waals surface area contributed by atoms with Gasteiger partial charge < -0.3 is 9.84 Å². The normalized spacial score (nSPS) is 20.2. The quantitative estimate of drug-likeness (QED) is 0.857. The third kappa shape index (κ3) is 4.16. The molecule has 1 heterocycles. The molecule has 0 unspecified atom stereocenters. The Kier molecular flexibility index (Phi) is 5.64. The van der Waals surface area contributed by atoms with Gasteiger partial charge in [-0.2, -0.15) is 0 Å². The Morgan fingerprint density at radius 2 is 2.04 bits per heavy atom. The molecule has 2 aromatic rings. The zero-order valence-electron chi connectivity index (χ0n) is 14.5. The number of nitrogens with zero attached hydrogens (tertiary/aromatic N) is 2. The van der Waals surface area contributed by atoms with Gasteiger partial charge in [-0.3, -0.25) is 0 Å². The fraction of sp³-hybridized carbons (Fsp3) is 0.450. The van der Waals surface area contributed by atoms with Crippen LogP contribution in [0.3, 0.4) is 0 Å². The van der Waals surface area contributed by atoms with Gasteiger partial charge in [0.05, 0.1) is 12.8 Å². The maximum absolute atomic E-state index is 11.3. The Morgan fingerprint density at radius 3 is 2.76 bits per heavy atom. The molecule has 1 fully saturated rings. The summed E-state index contributed by atoms with van der Waals surface area (Å²) in [4.78, 5) is 19.3. The first-order valence-electron chi connectivity index (χ1n) is 8.85. The van der Waals surface area contributed by atoms with Crippen molar-refractivity contribution < 1.29 is 14.6 Å². The first-order chi connectivity index (χ1) is 12.2. The molecule has 0 spiro atoms. The van der Waals surface area contributed by atoms with Crippen LogP contribution in [-0.2, 0) is 6.42 Å². The number of hydrogen-bond donors (Lipinski definition) is 1. The summed E-state index contributed by atoms with van der Waals surface area (Å²) in [6.07, 6.45) is 7.93. The minimum atomic E-state index is -1.08. The van der Waals surface area contributed by atoms with E-state index in [4.69, 9.17) is 4.74 Å². The van der Waals surface area contributed by atoms with Crippen molar-refractivity contribution in [1.82, 2.24) is 9.97 Å². The van der Waals surface area contributed by atoms with Crippen molar-refractivity contribution in [3.63, 3.8) is 0 Å². The summed E-state index contributed by atoms with van der Waals surface area (Å²) in [6, 6.07) is 10.7. The maximum atomic E-state index is 11.3. The van der Waals surface area contributed by atoms with Gasteiger partial charge in [-0.15, -0.1) is 0 Å². The summed E-state index contributed by atoms with van der Waals surface area (Å²) in [7, 11) is 1.47. The number of ether oxygens (including phenoxy) is 1. The number of methoxy groups -OCH3 is 1. The molecule has 2 atom stereocenters. The molecule has 1 saturated carbocycles. The van der Waals surface area contributed by atoms with Crippen LogP contribution in [0.4, 0.5) is 0 Å². The summed E-state index contributed by atoms with van der Waals surface area (Å²) in [5, 5.41) is 9.23. The highest BCUT2D eigenvalue weighted by molar-refractivity contribution is 5.88. The Hall–Kier alpha value is -2.43. The molecule has 1 aromatic heterocycles. The first kappa shape index (κ1) is 17.4. The van der Waals surface area contributed by atoms with Gasteiger partial charge in [0.25, 0.3) is 0 Å². The van der Waals surface area contributed by atoms with Crippen molar-refractivity contribution in [2.24, 2.45) is 5.92 Å². The highest BCUT2D eigenvalue weighted by atomic mass is 16.5. The van der Waals surface area contributed by atoms with Crippen LogP contribution < -0.4 is 4.74 Å². The molecule has 25 heavy (non-hydrogen) atoms. The minimum Gasteiger partial charge on any atom is -0.492 e. The molecule has 1 aliphatic rings. The van der Waals surface area contributed by atoms with Crippen LogP contribution in [0.15, 0.2) is 36.7 Å². The van der Waals surface area contributed by atoms with Gasteiger partial charge in [-0.1, -0.05) is 43.2 Å². The summed E-state index contributed by atoms with van der Waals surface area (Å²) in [5.41, 5.74) is 2.06. The lowest BCUT2D eigenvalue weighted by Crippen LogP contribution is -2.16. The van der Waals surface area contributed by atoms with E-state index in [1.165, 1.54) is 44.7 Å². The standard InChI is InChI=1S/C20H24N2O3/c1-25-19-17(21-13-22-18(19)20(23)24)11-10-14-6-5-9-16(12-14)15-7-3-2-4-8-15/h2-4,7-8,13-14,16H,5-6,9-12H2,1H3,(H,23,24)/t14-,16-/m1/s1. The van der Waals surface area contributed by atoms with Gasteiger partial charge in [-0.25, -0.2) is 14.8 Å². The molecule has 3 rings (SSSR count). The highest BCUT2D eigenvalue weighted by Gasteiger charge is 2.24. The largest absolute Gasteiger partial charge is 0.492 e. The van der Waals surface area contributed by atoms with Gasteiger partial charge in [0.15, 0.2) is 11.4 Å². The van der Waals surface area contributed by atoms with E-state index in [2.05, 4.69) is 40.3 Å². The van der Waals surface area contributed by atoms with Crippen LogP contribution in [0, 0.1) is 5.92 Å². The number of benzene rings is 1. The van der Waals surface area contributed by atoms with Crippen molar-refractivity contribution >= 4 is 5.97 Å². The third-order valence-electron chi connectivity index (χ3n) is 5.13. The third-order valence-corrected chi connectivity index (χ3v) is 5.13. The molecule has 0 saturated heterocycles. The molecule has 0 bridgehead atoms. The van der Waals surface area contributed by atoms with E-state index in [-0.39, 0.29) is 5.69 Å². The van der Waals surface area contributed by atoms with Gasteiger partial charge in [0.1, 0.15) is 6.33 Å². The Balaban J connectivity index is 1.66. The number of aryl methyl sites for hydroxylation is 1. The highest BCUT2D eigenvalue weighted by Crippen LogP contribution is 2.38. The average molecular weight is 340 g/mol. The second-order valence-corrected chi connectivity index (χ2v) is 6.69. The average Bonchev–Trinajstić information content (AvgIpc) is 2.66. The van der Waals surface area contributed by atoms with Crippen LogP contribution in [0.2, 0.25) is 0 Å². The summed E-state index contributed by atoms with van der Waals surface area (Å²) >= 11 is 0. The summed E-state index contributed by atoms with van der Waals surface area (Å²) < 4.78 is 5.26. The van der Waals surface area contributed by atoms with Gasteiger partial charge in [-0.05, 0) is 43.1 Å². The van der Waals surface area contributed by atoms with E-state index >= 15 is 0 Å². The molecular formula is C20H24N2O3. The summed E-state index contributed by atoms with van der Waals surface area (Å²) in [5.74, 6) is 0.474. The van der Waals surface area contributed by atoms with Crippen LogP contribution in [0.25, 0.3) is 0 Å². The Labute approximate surface area is 148 Å². The smallest absolute Gasteiger partial charge is 0.358 e. The van der Waals surface area contributed by atoms with Gasteiger partial charge in [0, 0.05) is 0 Å². The fourth-order valence-electron chi connectivity index (χ4n) is 3.88. The predicted octanol–water partition coefficient (Wildman–Crippen LogP) is 4.09. The van der Waals surface area contributed by atoms with Gasteiger partial charge in [0.2, 0.25) is 0 Å². The van der Waals surface area contributed by atoms with E-state index in [0.29, 0.717) is 23.3 Å². The van der Waals surface area contributed by atoms with E-state index in [0.717, 1.165) is 12.8 Å². The molecule has 0 amide bonds. The molecule has 0 aliphatic heterocycles. The molecular weight excluding hydrogens is 316 g/mol. The number of rotatable bonds is 6. The second-order valence-electron chi connectivity index (χ2n) is 6.69. The number of aromatic nitrogens is 2. The van der Waals surface area contributed by atoms with Crippen LogP contribution in [-0.4, -0.2) is 28.2 Å². The number of aromatic carboxylic acids is 1. The molecule has 1 aromatic carbocycles. The van der Waals surface area contributed by atoms with Crippen LogP contribution >= 0.6 is 0 Å². The van der Waals surface area contributed by atoms with E-state index in [9.17, 15) is 9.90 Å². The van der Waals surface area contributed by atoms with E-state index in [1.54, 1.807) is 0 Å². The molecule has 5 heteroatoms. The maximum Gasteiger partial charge on any atom is 0.358 e. The molecule has 1 N–H and O–H groups in total. The Morgan fingerprint density at radius 1 is 1.24 bits per heavy atom. The number of carboxylic acid groups (broad SMARTS) is 1. The lowest BCUT2D eigenvalue weighted by atomic mass is 9.76. The number of carbonyl (C=O) groups is 1. The summed E-state index contributed by atoms with van der Waals surface area (Å²) in [6.45, 7) is 0. The number of carboxylic acids is 1. The zero-order chi connectivity index (χ0) is 17.6. The lowest BCUT2D eigenvalue weighted by molar-refractivity contribution is 0.0686.